The summed E-state index contributed by atoms with van der Waals surface area (Å²) in [5.41, 5.74) is 0. The van der Waals surface area contributed by atoms with Crippen LogP contribution in [0.25, 0.3) is 0 Å². The minimum Gasteiger partial charge on any atom is -0.497 e. The lowest BCUT2D eigenvalue weighted by Gasteiger charge is -2.40. The highest BCUT2D eigenvalue weighted by molar-refractivity contribution is 8.00. The predicted octanol–water partition coefficient (Wildman–Crippen LogP) is 0.386. The highest BCUT2D eigenvalue weighted by atomic mass is 32.2. The Labute approximate surface area is 148 Å². The number of carboxylic acid groups (broad SMARTS) is 1. The van der Waals surface area contributed by atoms with E-state index in [2.05, 4.69) is 10.2 Å². The summed E-state index contributed by atoms with van der Waals surface area (Å²) < 4.78 is 16.6. The maximum Gasteiger partial charge on any atom is 0.321 e. The average Bonchev–Trinajstić information content (AvgIpc) is 3.08. The van der Waals surface area contributed by atoms with Crippen LogP contribution in [0.15, 0.2) is 24.0 Å². The van der Waals surface area contributed by atoms with Crippen LogP contribution in [0.1, 0.15) is 0 Å². The Morgan fingerprint density at radius 1 is 1.52 bits per heavy atom. The van der Waals surface area contributed by atoms with Gasteiger partial charge in [-0.05, 0) is 18.2 Å². The van der Waals surface area contributed by atoms with Gasteiger partial charge in [0.1, 0.15) is 18.4 Å². The monoisotopic (exact) mass is 376 g/mol. The lowest BCUT2D eigenvalue weighted by atomic mass is 9.91. The van der Waals surface area contributed by atoms with Crippen LogP contribution < -0.4 is 5.32 Å². The van der Waals surface area contributed by atoms with Crippen LogP contribution in [0.3, 0.4) is 0 Å². The number of hydrogen-bond acceptors (Lipinski definition) is 9. The molecule has 1 aliphatic carbocycles. The van der Waals surface area contributed by atoms with E-state index in [1.54, 1.807) is 18.2 Å². The SMILES string of the molecule is COC1=CC(C2NC(C(=O)O)CS2)C(OC)(OCCO[N+](=O)[O-])C=C1. The Hall–Kier alpha value is -1.82. The molecule has 140 valence electrons. The van der Waals surface area contributed by atoms with Gasteiger partial charge in [-0.25, -0.2) is 0 Å². The average molecular weight is 376 g/mol. The first-order valence-electron chi connectivity index (χ1n) is 7.44. The van der Waals surface area contributed by atoms with Gasteiger partial charge in [-0.2, -0.15) is 0 Å². The predicted molar refractivity (Wildman–Crippen MR) is 87.2 cm³/mol. The third kappa shape index (κ3) is 4.63. The van der Waals surface area contributed by atoms with E-state index in [-0.39, 0.29) is 18.6 Å². The lowest BCUT2D eigenvalue weighted by molar-refractivity contribution is -0.758. The molecule has 0 saturated carbocycles. The molecule has 1 saturated heterocycles. The van der Waals surface area contributed by atoms with Crippen LogP contribution in [-0.2, 0) is 23.8 Å². The van der Waals surface area contributed by atoms with E-state index < -0.39 is 28.8 Å². The van der Waals surface area contributed by atoms with Gasteiger partial charge in [-0.3, -0.25) is 10.1 Å². The fourth-order valence-corrected chi connectivity index (χ4v) is 4.03. The van der Waals surface area contributed by atoms with Crippen molar-refractivity contribution in [3.63, 3.8) is 0 Å². The highest BCUT2D eigenvalue weighted by Crippen LogP contribution is 2.39. The zero-order valence-electron chi connectivity index (χ0n) is 13.7. The molecule has 4 atom stereocenters. The molecule has 11 heteroatoms. The van der Waals surface area contributed by atoms with Gasteiger partial charge in [0.05, 0.1) is 25.0 Å². The smallest absolute Gasteiger partial charge is 0.321 e. The van der Waals surface area contributed by atoms with E-state index in [9.17, 15) is 14.9 Å². The summed E-state index contributed by atoms with van der Waals surface area (Å²) in [6.07, 6.45) is 5.11. The Balaban J connectivity index is 2.14. The number of ether oxygens (including phenoxy) is 3. The molecule has 2 N–H and O–H groups in total. The van der Waals surface area contributed by atoms with Crippen LogP contribution in [0.4, 0.5) is 0 Å². The summed E-state index contributed by atoms with van der Waals surface area (Å²) in [5, 5.41) is 21.2. The number of carboxylic acids is 1. The molecule has 0 bridgehead atoms. The molecule has 0 spiro atoms. The van der Waals surface area contributed by atoms with Crippen molar-refractivity contribution in [1.82, 2.24) is 5.32 Å². The molecule has 1 fully saturated rings. The minimum atomic E-state index is -1.22. The van der Waals surface area contributed by atoms with Crippen LogP contribution >= 0.6 is 11.8 Å². The van der Waals surface area contributed by atoms with Crippen molar-refractivity contribution in [1.29, 1.82) is 0 Å². The number of aliphatic carboxylic acids is 1. The van der Waals surface area contributed by atoms with Crippen molar-refractivity contribution in [3.8, 4) is 0 Å². The van der Waals surface area contributed by atoms with Crippen LogP contribution in [-0.4, -0.2) is 66.6 Å². The maximum absolute atomic E-state index is 11.2. The van der Waals surface area contributed by atoms with Crippen LogP contribution in [0.2, 0.25) is 0 Å². The Kier molecular flexibility index (Phi) is 6.64. The van der Waals surface area contributed by atoms with Gasteiger partial charge in [-0.15, -0.1) is 21.9 Å². The molecule has 10 nitrogen and oxygen atoms in total. The van der Waals surface area contributed by atoms with E-state index in [0.29, 0.717) is 11.5 Å². The number of methoxy groups -OCH3 is 2. The highest BCUT2D eigenvalue weighted by Gasteiger charge is 2.47. The van der Waals surface area contributed by atoms with Crippen LogP contribution in [0.5, 0.6) is 0 Å². The van der Waals surface area contributed by atoms with Gasteiger partial charge in [0.2, 0.25) is 0 Å². The number of nitrogens with one attached hydrogen (secondary N) is 1. The zero-order valence-corrected chi connectivity index (χ0v) is 14.6. The number of rotatable bonds is 9. The van der Waals surface area contributed by atoms with Crippen molar-refractivity contribution in [3.05, 3.63) is 34.1 Å². The second kappa shape index (κ2) is 8.52. The number of carbonyl (C=O) groups is 1. The van der Waals surface area contributed by atoms with Gasteiger partial charge in [0, 0.05) is 12.9 Å². The third-order valence-corrected chi connectivity index (χ3v) is 5.20. The summed E-state index contributed by atoms with van der Waals surface area (Å²) in [7, 11) is 2.97. The summed E-state index contributed by atoms with van der Waals surface area (Å²) in [6, 6.07) is -0.673. The van der Waals surface area contributed by atoms with Crippen LogP contribution in [0, 0.1) is 16.0 Å². The zero-order chi connectivity index (χ0) is 18.4. The molecular formula is C14H20N2O8S. The van der Waals surface area contributed by atoms with Crippen molar-refractivity contribution in [2.24, 2.45) is 5.92 Å². The minimum absolute atomic E-state index is 0.0778. The second-order valence-electron chi connectivity index (χ2n) is 5.27. The topological polar surface area (TPSA) is 129 Å². The molecule has 1 aliphatic heterocycles. The molecule has 0 aromatic carbocycles. The summed E-state index contributed by atoms with van der Waals surface area (Å²) in [6.45, 7) is -0.325. The standard InChI is InChI=1S/C14H20N2O8S/c1-21-9-3-4-14(22-2,23-5-6-24-16(19)20)10(7-9)12-15-11(8-25-12)13(17)18/h3-4,7,10-12,15H,5-6,8H2,1-2H3,(H,17,18). The molecule has 1 heterocycles. The van der Waals surface area contributed by atoms with Crippen molar-refractivity contribution >= 4 is 17.7 Å². The largest absolute Gasteiger partial charge is 0.497 e. The molecule has 2 rings (SSSR count). The number of hydrogen-bond donors (Lipinski definition) is 2. The third-order valence-electron chi connectivity index (χ3n) is 3.88. The van der Waals surface area contributed by atoms with Crippen molar-refractivity contribution in [2.75, 3.05) is 33.2 Å². The number of nitrogens with zero attached hydrogens (tertiary/aromatic N) is 1. The number of allylic oxidation sites excluding steroid dienone is 1. The Morgan fingerprint density at radius 3 is 2.84 bits per heavy atom. The molecule has 0 amide bonds. The molecule has 0 aromatic heterocycles. The van der Waals surface area contributed by atoms with Gasteiger partial charge < -0.3 is 24.2 Å². The maximum atomic E-state index is 11.2. The van der Waals surface area contributed by atoms with E-state index >= 15 is 0 Å². The van der Waals surface area contributed by atoms with E-state index in [0.717, 1.165) is 0 Å². The molecular weight excluding hydrogens is 356 g/mol. The lowest BCUT2D eigenvalue weighted by Crippen LogP contribution is -2.51. The summed E-state index contributed by atoms with van der Waals surface area (Å²) in [4.78, 5) is 25.7. The van der Waals surface area contributed by atoms with E-state index in [1.165, 1.54) is 26.0 Å². The molecule has 4 unspecified atom stereocenters. The molecule has 2 aliphatic rings. The Morgan fingerprint density at radius 2 is 2.28 bits per heavy atom. The Bertz CT molecular complexity index is 569. The van der Waals surface area contributed by atoms with Gasteiger partial charge in [0.15, 0.2) is 5.79 Å². The first-order valence-corrected chi connectivity index (χ1v) is 8.48. The molecule has 0 aromatic rings. The van der Waals surface area contributed by atoms with Gasteiger partial charge in [-0.1, -0.05) is 0 Å². The first-order chi connectivity index (χ1) is 11.9. The molecule has 0 radical (unpaired) electrons. The summed E-state index contributed by atoms with van der Waals surface area (Å²) >= 11 is 1.43. The van der Waals surface area contributed by atoms with Gasteiger partial charge in [0.25, 0.3) is 5.09 Å². The number of thioether (sulfide) groups is 1. The van der Waals surface area contributed by atoms with Gasteiger partial charge >= 0.3 is 5.97 Å². The van der Waals surface area contributed by atoms with Crippen molar-refractivity contribution < 1.29 is 34.0 Å². The van der Waals surface area contributed by atoms with E-state index in [4.69, 9.17) is 19.3 Å². The molecule has 25 heavy (non-hydrogen) atoms. The fraction of sp³-hybridized carbons (Fsp3) is 0.643. The normalized spacial score (nSPS) is 31.4. The van der Waals surface area contributed by atoms with Crippen molar-refractivity contribution in [2.45, 2.75) is 17.2 Å². The van der Waals surface area contributed by atoms with E-state index in [1.807, 2.05) is 0 Å². The summed E-state index contributed by atoms with van der Waals surface area (Å²) in [5.74, 6) is -1.58. The first kappa shape index (κ1) is 19.5. The fourth-order valence-electron chi connectivity index (χ4n) is 2.66. The quantitative estimate of drug-likeness (QED) is 0.252. The second-order valence-corrected chi connectivity index (χ2v) is 6.45.